The Labute approximate surface area is 84.5 Å². The molecule has 0 amide bonds. The Morgan fingerprint density at radius 1 is 1.64 bits per heavy atom. The minimum Gasteiger partial charge on any atom is -0.463 e. The molecule has 2 rings (SSSR count). The third-order valence-electron chi connectivity index (χ3n) is 2.98. The van der Waals surface area contributed by atoms with E-state index < -0.39 is 0 Å². The van der Waals surface area contributed by atoms with Crippen molar-refractivity contribution >= 4 is 6.02 Å². The van der Waals surface area contributed by atoms with E-state index in [1.54, 1.807) is 0 Å². The fourth-order valence-electron chi connectivity index (χ4n) is 2.25. The fraction of sp³-hybridized carbons (Fsp3) is 0.900. The van der Waals surface area contributed by atoms with E-state index in [1.807, 2.05) is 0 Å². The van der Waals surface area contributed by atoms with Crippen LogP contribution in [0.25, 0.3) is 0 Å². The summed E-state index contributed by atoms with van der Waals surface area (Å²) in [5.74, 6) is 0. The lowest BCUT2D eigenvalue weighted by Crippen LogP contribution is -2.40. The third kappa shape index (κ3) is 1.85. The molecule has 0 radical (unpaired) electrons. The van der Waals surface area contributed by atoms with Gasteiger partial charge >= 0.3 is 0 Å². The van der Waals surface area contributed by atoms with Crippen molar-refractivity contribution in [3.63, 3.8) is 0 Å². The Bertz CT molecular complexity index is 240. The molecular formula is C10H18N2O2. The van der Waals surface area contributed by atoms with Gasteiger partial charge in [0.05, 0.1) is 6.10 Å². The Balaban J connectivity index is 2.00. The lowest BCUT2D eigenvalue weighted by atomic mass is 9.87. The maximum atomic E-state index is 5.67. The second-order valence-electron chi connectivity index (χ2n) is 4.20. The van der Waals surface area contributed by atoms with Gasteiger partial charge in [-0.1, -0.05) is 13.3 Å². The Morgan fingerprint density at radius 2 is 2.50 bits per heavy atom. The average Bonchev–Trinajstić information content (AvgIpc) is 2.48. The van der Waals surface area contributed by atoms with Crippen LogP contribution in [0.1, 0.15) is 32.6 Å². The first-order valence-corrected chi connectivity index (χ1v) is 5.34. The molecule has 2 atom stereocenters. The number of rotatable bonds is 2. The highest BCUT2D eigenvalue weighted by Gasteiger charge is 2.41. The highest BCUT2D eigenvalue weighted by molar-refractivity contribution is 5.73. The minimum atomic E-state index is -0.0673. The summed E-state index contributed by atoms with van der Waals surface area (Å²) in [7, 11) is 0. The molecule has 0 aromatic carbocycles. The van der Waals surface area contributed by atoms with Gasteiger partial charge < -0.3 is 15.2 Å². The monoisotopic (exact) mass is 198 g/mol. The van der Waals surface area contributed by atoms with Crippen LogP contribution in [0.3, 0.4) is 0 Å². The van der Waals surface area contributed by atoms with Crippen molar-refractivity contribution < 1.29 is 9.47 Å². The molecule has 1 spiro atoms. The van der Waals surface area contributed by atoms with Crippen LogP contribution >= 0.6 is 0 Å². The average molecular weight is 198 g/mol. The summed E-state index contributed by atoms with van der Waals surface area (Å²) in [5.41, 5.74) is 5.48. The van der Waals surface area contributed by atoms with Crippen LogP contribution in [0.5, 0.6) is 0 Å². The van der Waals surface area contributed by atoms with Crippen LogP contribution in [-0.2, 0) is 9.47 Å². The second-order valence-corrected chi connectivity index (χ2v) is 4.20. The summed E-state index contributed by atoms with van der Waals surface area (Å²) in [6.07, 6.45) is 4.50. The lowest BCUT2D eigenvalue weighted by Gasteiger charge is -2.34. The number of nitrogens with two attached hydrogens (primary N) is 1. The first-order valence-electron chi connectivity index (χ1n) is 5.34. The summed E-state index contributed by atoms with van der Waals surface area (Å²) in [6, 6.07) is 0.349. The van der Waals surface area contributed by atoms with Crippen LogP contribution in [-0.4, -0.2) is 30.9 Å². The second kappa shape index (κ2) is 3.77. The van der Waals surface area contributed by atoms with Gasteiger partial charge in [0.1, 0.15) is 12.1 Å². The quantitative estimate of drug-likeness (QED) is 0.721. The third-order valence-corrected chi connectivity index (χ3v) is 2.98. The van der Waals surface area contributed by atoms with E-state index >= 15 is 0 Å². The Hall–Kier alpha value is -0.770. The van der Waals surface area contributed by atoms with Crippen LogP contribution < -0.4 is 5.73 Å². The molecule has 0 bridgehead atoms. The molecule has 0 saturated carbocycles. The van der Waals surface area contributed by atoms with E-state index in [0.717, 1.165) is 32.3 Å². The summed E-state index contributed by atoms with van der Waals surface area (Å²) < 4.78 is 10.9. The Morgan fingerprint density at radius 3 is 3.14 bits per heavy atom. The molecule has 0 aromatic heterocycles. The van der Waals surface area contributed by atoms with E-state index in [9.17, 15) is 0 Å². The standard InChI is InChI=1S/C10H18N2O2/c1-2-3-8-6-10(4-5-13-8)7-14-9(11)12-10/h8H,2-7H2,1H3,(H2,11,12). The molecule has 0 aliphatic carbocycles. The maximum absolute atomic E-state index is 5.67. The Kier molecular flexibility index (Phi) is 2.63. The highest BCUT2D eigenvalue weighted by Crippen LogP contribution is 2.33. The zero-order valence-corrected chi connectivity index (χ0v) is 8.66. The van der Waals surface area contributed by atoms with Crippen molar-refractivity contribution in [3.8, 4) is 0 Å². The van der Waals surface area contributed by atoms with E-state index in [1.165, 1.54) is 0 Å². The van der Waals surface area contributed by atoms with Gasteiger partial charge in [-0.25, -0.2) is 4.99 Å². The van der Waals surface area contributed by atoms with E-state index in [2.05, 4.69) is 11.9 Å². The fourth-order valence-corrected chi connectivity index (χ4v) is 2.25. The number of ether oxygens (including phenoxy) is 2. The molecule has 14 heavy (non-hydrogen) atoms. The van der Waals surface area contributed by atoms with Gasteiger partial charge in [0.15, 0.2) is 0 Å². The summed E-state index contributed by atoms with van der Waals surface area (Å²) in [6.45, 7) is 3.60. The molecule has 80 valence electrons. The smallest absolute Gasteiger partial charge is 0.282 e. The largest absolute Gasteiger partial charge is 0.463 e. The van der Waals surface area contributed by atoms with E-state index in [-0.39, 0.29) is 5.54 Å². The topological polar surface area (TPSA) is 56.8 Å². The molecule has 0 aromatic rings. The van der Waals surface area contributed by atoms with Crippen molar-refractivity contribution in [2.75, 3.05) is 13.2 Å². The predicted octanol–water partition coefficient (Wildman–Crippen LogP) is 1.05. The predicted molar refractivity (Wildman–Crippen MR) is 54.2 cm³/mol. The number of hydrogen-bond acceptors (Lipinski definition) is 4. The number of nitrogens with zero attached hydrogens (tertiary/aromatic N) is 1. The van der Waals surface area contributed by atoms with Crippen molar-refractivity contribution in [1.29, 1.82) is 0 Å². The first kappa shape index (κ1) is 9.77. The lowest BCUT2D eigenvalue weighted by molar-refractivity contribution is -0.0271. The summed E-state index contributed by atoms with van der Waals surface area (Å²) in [5, 5.41) is 0. The van der Waals surface area contributed by atoms with Gasteiger partial charge in [-0.2, -0.15) is 0 Å². The summed E-state index contributed by atoms with van der Waals surface area (Å²) in [4.78, 5) is 4.40. The zero-order chi connectivity index (χ0) is 10.0. The number of aliphatic imine (C=N–C) groups is 1. The van der Waals surface area contributed by atoms with Gasteiger partial charge in [0.25, 0.3) is 6.02 Å². The molecule has 2 aliphatic heterocycles. The molecule has 2 aliphatic rings. The van der Waals surface area contributed by atoms with Gasteiger partial charge in [-0.05, 0) is 12.8 Å². The van der Waals surface area contributed by atoms with E-state index in [4.69, 9.17) is 15.2 Å². The molecular weight excluding hydrogens is 180 g/mol. The van der Waals surface area contributed by atoms with Crippen molar-refractivity contribution in [3.05, 3.63) is 0 Å². The minimum absolute atomic E-state index is 0.0673. The van der Waals surface area contributed by atoms with E-state index in [0.29, 0.717) is 18.7 Å². The normalized spacial score (nSPS) is 36.9. The van der Waals surface area contributed by atoms with Crippen molar-refractivity contribution in [1.82, 2.24) is 0 Å². The molecule has 1 saturated heterocycles. The molecule has 2 heterocycles. The van der Waals surface area contributed by atoms with Crippen LogP contribution in [0, 0.1) is 0 Å². The molecule has 1 fully saturated rings. The van der Waals surface area contributed by atoms with Gasteiger partial charge in [-0.3, -0.25) is 0 Å². The SMILES string of the molecule is CCCC1CC2(CCO1)COC(N)=N2. The highest BCUT2D eigenvalue weighted by atomic mass is 16.5. The van der Waals surface area contributed by atoms with Crippen LogP contribution in [0.4, 0.5) is 0 Å². The van der Waals surface area contributed by atoms with Gasteiger partial charge in [0, 0.05) is 13.0 Å². The number of hydrogen-bond donors (Lipinski definition) is 1. The first-order chi connectivity index (χ1) is 6.74. The molecule has 2 N–H and O–H groups in total. The van der Waals surface area contributed by atoms with Crippen LogP contribution in [0.15, 0.2) is 4.99 Å². The zero-order valence-electron chi connectivity index (χ0n) is 8.66. The summed E-state index contributed by atoms with van der Waals surface area (Å²) >= 11 is 0. The van der Waals surface area contributed by atoms with Crippen molar-refractivity contribution in [2.45, 2.75) is 44.2 Å². The van der Waals surface area contributed by atoms with Crippen LogP contribution in [0.2, 0.25) is 0 Å². The molecule has 4 heteroatoms. The molecule has 2 unspecified atom stereocenters. The van der Waals surface area contributed by atoms with Gasteiger partial charge in [0.2, 0.25) is 0 Å². The molecule has 4 nitrogen and oxygen atoms in total. The number of amidine groups is 1. The van der Waals surface area contributed by atoms with Gasteiger partial charge in [-0.15, -0.1) is 0 Å². The maximum Gasteiger partial charge on any atom is 0.282 e. The van der Waals surface area contributed by atoms with Crippen molar-refractivity contribution in [2.24, 2.45) is 10.7 Å².